The summed E-state index contributed by atoms with van der Waals surface area (Å²) < 4.78 is 50.7. The maximum absolute atomic E-state index is 14.0. The van der Waals surface area contributed by atoms with Gasteiger partial charge >= 0.3 is 15.2 Å². The Morgan fingerprint density at radius 2 is 1.37 bits per heavy atom. The van der Waals surface area contributed by atoms with Crippen molar-refractivity contribution in [3.05, 3.63) is 29.8 Å². The molecule has 0 bridgehead atoms. The summed E-state index contributed by atoms with van der Waals surface area (Å²) in [6.45, 7) is 7.54. The molecule has 0 saturated carbocycles. The average Bonchev–Trinajstić information content (AvgIpc) is 2.83. The van der Waals surface area contributed by atoms with E-state index in [2.05, 4.69) is 5.32 Å². The molecule has 2 rings (SSSR count). The number of nitrogens with one attached hydrogen (secondary N) is 1. The van der Waals surface area contributed by atoms with E-state index in [-0.39, 0.29) is 32.8 Å². The first-order valence-corrected chi connectivity index (χ1v) is 12.6. The zero-order chi connectivity index (χ0) is 20.0. The van der Waals surface area contributed by atoms with Crippen LogP contribution in [-0.4, -0.2) is 31.4 Å². The predicted octanol–water partition coefficient (Wildman–Crippen LogP) is 5.62. The Morgan fingerprint density at radius 3 is 1.85 bits per heavy atom. The summed E-state index contributed by atoms with van der Waals surface area (Å²) >= 11 is 0. The third-order valence-corrected chi connectivity index (χ3v) is 10.8. The van der Waals surface area contributed by atoms with Crippen LogP contribution in [0.4, 0.5) is 5.69 Å². The number of fused-ring (bicyclic) bond motifs is 1. The number of hydrogen-bond acceptors (Lipinski definition) is 7. The van der Waals surface area contributed by atoms with Crippen LogP contribution in [0.25, 0.3) is 0 Å². The molecular weight excluding hydrogens is 388 g/mol. The van der Waals surface area contributed by atoms with Gasteiger partial charge in [-0.25, -0.2) is 0 Å². The lowest BCUT2D eigenvalue weighted by Crippen LogP contribution is -2.40. The van der Waals surface area contributed by atoms with Crippen LogP contribution in [0.3, 0.4) is 0 Å². The molecule has 1 aliphatic rings. The van der Waals surface area contributed by atoms with Crippen LogP contribution >= 0.6 is 15.2 Å². The molecular formula is C18H31NO6P2. The van der Waals surface area contributed by atoms with Gasteiger partial charge in [0, 0.05) is 5.69 Å². The molecule has 0 radical (unpaired) electrons. The van der Waals surface area contributed by atoms with E-state index < -0.39 is 20.2 Å². The first-order valence-electron chi connectivity index (χ1n) is 9.56. The van der Waals surface area contributed by atoms with Crippen molar-refractivity contribution >= 4 is 20.9 Å². The predicted molar refractivity (Wildman–Crippen MR) is 107 cm³/mol. The van der Waals surface area contributed by atoms with Crippen LogP contribution in [0.1, 0.15) is 46.1 Å². The molecule has 0 atom stereocenters. The van der Waals surface area contributed by atoms with Gasteiger partial charge in [0.25, 0.3) is 0 Å². The quantitative estimate of drug-likeness (QED) is 0.493. The minimum atomic E-state index is -3.91. The van der Waals surface area contributed by atoms with E-state index in [4.69, 9.17) is 18.1 Å². The Bertz CT molecular complexity index is 661. The van der Waals surface area contributed by atoms with Gasteiger partial charge in [-0.05, 0) is 58.6 Å². The molecule has 1 aliphatic heterocycles. The van der Waals surface area contributed by atoms with Crippen LogP contribution in [0, 0.1) is 0 Å². The van der Waals surface area contributed by atoms with E-state index >= 15 is 0 Å². The fourth-order valence-corrected chi connectivity index (χ4v) is 9.04. The second kappa shape index (κ2) is 9.69. The molecule has 9 heteroatoms. The van der Waals surface area contributed by atoms with E-state index in [1.807, 2.05) is 24.3 Å². The lowest BCUT2D eigenvalue weighted by molar-refractivity contribution is 0.179. The number of para-hydroxylation sites is 1. The molecule has 1 heterocycles. The van der Waals surface area contributed by atoms with Crippen LogP contribution < -0.4 is 5.32 Å². The van der Waals surface area contributed by atoms with Crippen molar-refractivity contribution in [3.8, 4) is 0 Å². The van der Waals surface area contributed by atoms with Crippen molar-refractivity contribution in [2.24, 2.45) is 0 Å². The van der Waals surface area contributed by atoms with E-state index in [9.17, 15) is 9.13 Å². The minimum Gasteiger partial charge on any atom is -0.359 e. The van der Waals surface area contributed by atoms with Gasteiger partial charge in [-0.3, -0.25) is 9.13 Å². The summed E-state index contributed by atoms with van der Waals surface area (Å²) in [5.41, 5.74) is 1.80. The van der Waals surface area contributed by atoms with Gasteiger partial charge in [-0.1, -0.05) is 18.2 Å². The molecule has 7 nitrogen and oxygen atoms in total. The normalized spacial score (nSPS) is 17.0. The smallest absolute Gasteiger partial charge is 0.359 e. The lowest BCUT2D eigenvalue weighted by atomic mass is 10.1. The second-order valence-corrected chi connectivity index (χ2v) is 11.0. The van der Waals surface area contributed by atoms with Gasteiger partial charge < -0.3 is 23.4 Å². The monoisotopic (exact) mass is 419 g/mol. The largest absolute Gasteiger partial charge is 0.368 e. The van der Waals surface area contributed by atoms with Crippen molar-refractivity contribution in [1.29, 1.82) is 0 Å². The summed E-state index contributed by atoms with van der Waals surface area (Å²) in [5, 5.41) is 1.66. The highest BCUT2D eigenvalue weighted by atomic mass is 31.2. The molecule has 0 fully saturated rings. The first kappa shape index (κ1) is 22.6. The number of benzene rings is 1. The molecule has 154 valence electrons. The molecule has 0 aromatic heterocycles. The fraction of sp³-hybridized carbons (Fsp3) is 0.667. The lowest BCUT2D eigenvalue weighted by Gasteiger charge is -2.42. The summed E-state index contributed by atoms with van der Waals surface area (Å²) in [4.78, 5) is 0. The van der Waals surface area contributed by atoms with Gasteiger partial charge in [-0.15, -0.1) is 0 Å². The highest BCUT2D eigenvalue weighted by Gasteiger charge is 2.65. The van der Waals surface area contributed by atoms with Crippen molar-refractivity contribution in [1.82, 2.24) is 0 Å². The van der Waals surface area contributed by atoms with Gasteiger partial charge in [0.15, 0.2) is 0 Å². The Kier molecular flexibility index (Phi) is 8.11. The summed E-state index contributed by atoms with van der Waals surface area (Å²) in [6, 6.07) is 7.69. The highest BCUT2D eigenvalue weighted by molar-refractivity contribution is 7.74. The number of anilines is 1. The van der Waals surface area contributed by atoms with Crippen LogP contribution in [0.5, 0.6) is 0 Å². The molecule has 0 saturated heterocycles. The van der Waals surface area contributed by atoms with Gasteiger partial charge in [0.2, 0.25) is 5.02 Å². The minimum absolute atomic E-state index is 0.153. The summed E-state index contributed by atoms with van der Waals surface area (Å²) in [6.07, 6.45) is 1.66. The van der Waals surface area contributed by atoms with Gasteiger partial charge in [0.05, 0.1) is 26.4 Å². The third-order valence-electron chi connectivity index (χ3n) is 4.43. The molecule has 0 amide bonds. The molecule has 0 spiro atoms. The third kappa shape index (κ3) is 4.34. The zero-order valence-corrected chi connectivity index (χ0v) is 18.4. The maximum atomic E-state index is 14.0. The average molecular weight is 419 g/mol. The van der Waals surface area contributed by atoms with Crippen molar-refractivity contribution in [2.75, 3.05) is 31.7 Å². The second-order valence-electron chi connectivity index (χ2n) is 6.12. The number of rotatable bonds is 10. The Morgan fingerprint density at radius 1 is 0.889 bits per heavy atom. The summed E-state index contributed by atoms with van der Waals surface area (Å²) in [5.74, 6) is 0. The molecule has 1 aromatic carbocycles. The van der Waals surface area contributed by atoms with E-state index in [0.29, 0.717) is 6.42 Å². The van der Waals surface area contributed by atoms with Gasteiger partial charge in [0.1, 0.15) is 0 Å². The Labute approximate surface area is 162 Å². The maximum Gasteiger partial charge on any atom is 0.368 e. The molecule has 0 aliphatic carbocycles. The van der Waals surface area contributed by atoms with E-state index in [1.165, 1.54) is 0 Å². The van der Waals surface area contributed by atoms with Crippen LogP contribution in [0.15, 0.2) is 24.3 Å². The van der Waals surface area contributed by atoms with E-state index in [1.54, 1.807) is 27.7 Å². The van der Waals surface area contributed by atoms with Crippen molar-refractivity contribution in [2.45, 2.75) is 52.0 Å². The molecule has 0 unspecified atom stereocenters. The highest BCUT2D eigenvalue weighted by Crippen LogP contribution is 2.79. The van der Waals surface area contributed by atoms with Crippen molar-refractivity contribution in [3.63, 3.8) is 0 Å². The Hall–Kier alpha value is -0.680. The topological polar surface area (TPSA) is 83.1 Å². The summed E-state index contributed by atoms with van der Waals surface area (Å²) in [7, 11) is -7.83. The molecule has 1 aromatic rings. The van der Waals surface area contributed by atoms with Gasteiger partial charge in [-0.2, -0.15) is 0 Å². The standard InChI is InChI=1S/C18H31NO6P2/c1-5-22-26(20,23-6-2)18(27(21,24-7-3)25-8-4)15-11-13-16-12-9-10-14-17(16)19-18/h9-10,12,14,19H,5-8,11,13,15H2,1-4H3. The van der Waals surface area contributed by atoms with Crippen LogP contribution in [-0.2, 0) is 33.6 Å². The SMILES string of the molecule is CCOP(=O)(OCC)C1(P(=O)(OCC)OCC)CCCc2ccccc2N1. The Balaban J connectivity index is 2.71. The number of aryl methyl sites for hydroxylation is 1. The van der Waals surface area contributed by atoms with Crippen molar-refractivity contribution < 1.29 is 27.2 Å². The number of hydrogen-bond donors (Lipinski definition) is 1. The zero-order valence-electron chi connectivity index (χ0n) is 16.6. The molecule has 27 heavy (non-hydrogen) atoms. The van der Waals surface area contributed by atoms with Crippen LogP contribution in [0.2, 0.25) is 0 Å². The fourth-order valence-electron chi connectivity index (χ4n) is 3.41. The molecule has 1 N–H and O–H groups in total. The van der Waals surface area contributed by atoms with E-state index in [0.717, 1.165) is 17.7 Å². The first-order chi connectivity index (χ1) is 12.9.